The lowest BCUT2D eigenvalue weighted by Gasteiger charge is -2.11. The van der Waals surface area contributed by atoms with E-state index in [2.05, 4.69) is 0 Å². The minimum absolute atomic E-state index is 0.0141. The van der Waals surface area contributed by atoms with Gasteiger partial charge in [-0.3, -0.25) is 9.59 Å². The van der Waals surface area contributed by atoms with Crippen molar-refractivity contribution in [3.05, 3.63) is 55.0 Å². The van der Waals surface area contributed by atoms with Crippen molar-refractivity contribution in [3.8, 4) is 0 Å². The smallest absolute Gasteiger partial charge is 0.313 e. The minimum Gasteiger partial charge on any atom is -0.313 e. The van der Waals surface area contributed by atoms with Gasteiger partial charge < -0.3 is 9.13 Å². The predicted molar refractivity (Wildman–Crippen MR) is 69.0 cm³/mol. The van der Waals surface area contributed by atoms with Crippen molar-refractivity contribution < 1.29 is 13.2 Å². The second-order valence-corrected chi connectivity index (χ2v) is 5.06. The second-order valence-electron chi connectivity index (χ2n) is 4.24. The number of pyridine rings is 1. The summed E-state index contributed by atoms with van der Waals surface area (Å²) in [7, 11) is 0. The Bertz CT molecular complexity index is 727. The molecule has 0 aliphatic heterocycles. The van der Waals surface area contributed by atoms with E-state index in [1.807, 2.05) is 0 Å². The quantitative estimate of drug-likeness (QED) is 0.871. The molecule has 0 fully saturated rings. The largest absolute Gasteiger partial charge is 0.417 e. The summed E-state index contributed by atoms with van der Waals surface area (Å²) in [6.45, 7) is 1.91. The van der Waals surface area contributed by atoms with Gasteiger partial charge in [-0.1, -0.05) is 11.3 Å². The van der Waals surface area contributed by atoms with Crippen LogP contribution in [0.5, 0.6) is 0 Å². The third kappa shape index (κ3) is 3.01. The standard InChI is InChI=1S/C12H11F3N2O2S/c1-8-7-20-11(19)17(8)5-4-16-6-9(12(13,14)15)2-3-10(16)18/h2-3,6-7H,4-5H2,1H3. The van der Waals surface area contributed by atoms with Crippen molar-refractivity contribution >= 4 is 11.3 Å². The lowest BCUT2D eigenvalue weighted by atomic mass is 10.3. The highest BCUT2D eigenvalue weighted by molar-refractivity contribution is 7.07. The molecule has 2 rings (SSSR count). The lowest BCUT2D eigenvalue weighted by molar-refractivity contribution is -0.138. The van der Waals surface area contributed by atoms with Crippen LogP contribution in [0.1, 0.15) is 11.3 Å². The molecule has 4 nitrogen and oxygen atoms in total. The Balaban J connectivity index is 2.26. The number of halogens is 3. The summed E-state index contributed by atoms with van der Waals surface area (Å²) in [5.74, 6) is 0. The Morgan fingerprint density at radius 2 is 1.90 bits per heavy atom. The first-order valence-corrected chi connectivity index (χ1v) is 6.59. The van der Waals surface area contributed by atoms with Crippen LogP contribution in [0, 0.1) is 6.92 Å². The van der Waals surface area contributed by atoms with Crippen molar-refractivity contribution in [2.45, 2.75) is 26.2 Å². The highest BCUT2D eigenvalue weighted by Crippen LogP contribution is 2.27. The molecule has 0 spiro atoms. The predicted octanol–water partition coefficient (Wildman–Crippen LogP) is 2.10. The molecule has 8 heteroatoms. The zero-order valence-corrected chi connectivity index (χ0v) is 11.3. The van der Waals surface area contributed by atoms with E-state index in [4.69, 9.17) is 0 Å². The average Bonchev–Trinajstić information content (AvgIpc) is 2.67. The third-order valence-corrected chi connectivity index (χ3v) is 3.73. The summed E-state index contributed by atoms with van der Waals surface area (Å²) < 4.78 is 40.1. The molecule has 0 amide bonds. The number of nitrogens with zero attached hydrogens (tertiary/aromatic N) is 2. The molecular weight excluding hydrogens is 293 g/mol. The minimum atomic E-state index is -4.50. The second kappa shape index (κ2) is 5.28. The highest BCUT2D eigenvalue weighted by Gasteiger charge is 2.30. The summed E-state index contributed by atoms with van der Waals surface area (Å²) in [4.78, 5) is 22.8. The molecule has 2 aromatic rings. The molecule has 108 valence electrons. The topological polar surface area (TPSA) is 44.0 Å². The Hall–Kier alpha value is -1.83. The van der Waals surface area contributed by atoms with Crippen LogP contribution in [0.4, 0.5) is 13.2 Å². The number of aryl methyl sites for hydroxylation is 2. The van der Waals surface area contributed by atoms with Gasteiger partial charge in [-0.15, -0.1) is 0 Å². The van der Waals surface area contributed by atoms with E-state index in [0.717, 1.165) is 39.9 Å². The fourth-order valence-electron chi connectivity index (χ4n) is 1.76. The van der Waals surface area contributed by atoms with Gasteiger partial charge in [-0.05, 0) is 13.0 Å². The number of hydrogen-bond donors (Lipinski definition) is 0. The van der Waals surface area contributed by atoms with Gasteiger partial charge in [0.05, 0.1) is 5.56 Å². The molecule has 0 aliphatic carbocycles. The molecule has 0 N–H and O–H groups in total. The van der Waals surface area contributed by atoms with Crippen molar-refractivity contribution in [2.75, 3.05) is 0 Å². The number of hydrogen-bond acceptors (Lipinski definition) is 3. The molecule has 0 saturated heterocycles. The van der Waals surface area contributed by atoms with E-state index in [-0.39, 0.29) is 18.0 Å². The van der Waals surface area contributed by atoms with Crippen LogP contribution in [-0.2, 0) is 19.3 Å². The summed E-state index contributed by atoms with van der Waals surface area (Å²) in [6.07, 6.45) is -3.72. The van der Waals surface area contributed by atoms with Crippen LogP contribution in [0.2, 0.25) is 0 Å². The van der Waals surface area contributed by atoms with Crippen LogP contribution in [0.15, 0.2) is 33.3 Å². The number of thiazole rings is 1. The number of alkyl halides is 3. The molecule has 0 aromatic carbocycles. The van der Waals surface area contributed by atoms with Gasteiger partial charge >= 0.3 is 11.0 Å². The van der Waals surface area contributed by atoms with E-state index in [1.165, 1.54) is 4.57 Å². The van der Waals surface area contributed by atoms with E-state index in [0.29, 0.717) is 0 Å². The molecule has 20 heavy (non-hydrogen) atoms. The summed E-state index contributed by atoms with van der Waals surface area (Å²) in [6, 6.07) is 1.63. The first kappa shape index (κ1) is 14.6. The van der Waals surface area contributed by atoms with Crippen molar-refractivity contribution in [3.63, 3.8) is 0 Å². The SMILES string of the molecule is Cc1csc(=O)n1CCn1cc(C(F)(F)F)ccc1=O. The normalized spacial score (nSPS) is 11.8. The van der Waals surface area contributed by atoms with Gasteiger partial charge in [0.2, 0.25) is 0 Å². The average molecular weight is 304 g/mol. The van der Waals surface area contributed by atoms with Crippen LogP contribution in [0.3, 0.4) is 0 Å². The molecule has 0 aliphatic rings. The number of rotatable bonds is 3. The maximum absolute atomic E-state index is 12.6. The molecule has 0 bridgehead atoms. The van der Waals surface area contributed by atoms with Gasteiger partial charge in [0.1, 0.15) is 0 Å². The Kier molecular flexibility index (Phi) is 3.85. The fraction of sp³-hybridized carbons (Fsp3) is 0.333. The zero-order valence-electron chi connectivity index (χ0n) is 10.5. The molecule has 0 radical (unpaired) electrons. The first-order chi connectivity index (χ1) is 9.29. The summed E-state index contributed by atoms with van der Waals surface area (Å²) >= 11 is 1.02. The van der Waals surface area contributed by atoms with Crippen molar-refractivity contribution in [1.29, 1.82) is 0 Å². The van der Waals surface area contributed by atoms with Crippen LogP contribution in [0.25, 0.3) is 0 Å². The third-order valence-electron chi connectivity index (χ3n) is 2.85. The van der Waals surface area contributed by atoms with Gasteiger partial charge in [0, 0.05) is 36.4 Å². The highest BCUT2D eigenvalue weighted by atomic mass is 32.1. The van der Waals surface area contributed by atoms with Gasteiger partial charge in [-0.25, -0.2) is 0 Å². The molecule has 0 unspecified atom stereocenters. The van der Waals surface area contributed by atoms with Crippen LogP contribution in [-0.4, -0.2) is 9.13 Å². The Morgan fingerprint density at radius 3 is 2.45 bits per heavy atom. The lowest BCUT2D eigenvalue weighted by Crippen LogP contribution is -2.25. The monoisotopic (exact) mass is 304 g/mol. The summed E-state index contributed by atoms with van der Waals surface area (Å²) in [5.41, 5.74) is -0.689. The molecule has 2 aromatic heterocycles. The Morgan fingerprint density at radius 1 is 1.20 bits per heavy atom. The van der Waals surface area contributed by atoms with Crippen LogP contribution >= 0.6 is 11.3 Å². The van der Waals surface area contributed by atoms with E-state index < -0.39 is 17.3 Å². The first-order valence-electron chi connectivity index (χ1n) is 5.71. The van der Waals surface area contributed by atoms with Gasteiger partial charge in [0.25, 0.3) is 5.56 Å². The number of aromatic nitrogens is 2. The van der Waals surface area contributed by atoms with Crippen molar-refractivity contribution in [2.24, 2.45) is 0 Å². The van der Waals surface area contributed by atoms with Crippen LogP contribution < -0.4 is 10.4 Å². The summed E-state index contributed by atoms with van der Waals surface area (Å²) in [5, 5.41) is 1.66. The molecule has 0 atom stereocenters. The molecule has 2 heterocycles. The maximum atomic E-state index is 12.6. The van der Waals surface area contributed by atoms with E-state index in [1.54, 1.807) is 12.3 Å². The molecular formula is C12H11F3N2O2S. The van der Waals surface area contributed by atoms with E-state index >= 15 is 0 Å². The van der Waals surface area contributed by atoms with Gasteiger partial charge in [-0.2, -0.15) is 13.2 Å². The maximum Gasteiger partial charge on any atom is 0.417 e. The van der Waals surface area contributed by atoms with Crippen molar-refractivity contribution in [1.82, 2.24) is 9.13 Å². The van der Waals surface area contributed by atoms with Gasteiger partial charge in [0.15, 0.2) is 0 Å². The van der Waals surface area contributed by atoms with E-state index in [9.17, 15) is 22.8 Å². The fourth-order valence-corrected chi connectivity index (χ4v) is 2.52. The molecule has 0 saturated carbocycles. The zero-order chi connectivity index (χ0) is 14.9. The Labute approximate surface area is 115 Å².